The van der Waals surface area contributed by atoms with Crippen molar-refractivity contribution in [3.05, 3.63) is 23.6 Å². The van der Waals surface area contributed by atoms with Crippen LogP contribution in [-0.4, -0.2) is 12.0 Å². The second-order valence-corrected chi connectivity index (χ2v) is 2.97. The molecule has 2 nitrogen and oxygen atoms in total. The van der Waals surface area contributed by atoms with Gasteiger partial charge >= 0.3 is 0 Å². The fourth-order valence-corrected chi connectivity index (χ4v) is 1.00. The Bertz CT molecular complexity index is 271. The Balaban J connectivity index is 3.08. The summed E-state index contributed by atoms with van der Waals surface area (Å²) in [5.41, 5.74) is 0.516. The quantitative estimate of drug-likeness (QED) is 0.733. The first-order valence-electron chi connectivity index (χ1n) is 3.99. The van der Waals surface area contributed by atoms with Gasteiger partial charge in [-0.25, -0.2) is 9.37 Å². The molecule has 0 unspecified atom stereocenters. The lowest BCUT2D eigenvalue weighted by Gasteiger charge is -2.07. The monoisotopic (exact) mass is 168 g/mol. The van der Waals surface area contributed by atoms with Gasteiger partial charge in [-0.2, -0.15) is 0 Å². The molecule has 0 saturated carbocycles. The number of hydrogen-bond acceptors (Lipinski definition) is 2. The maximum Gasteiger partial charge on any atom is 0.145 e. The number of rotatable bonds is 2. The fraction of sp³-hybridized carbons (Fsp3) is 0.444. The molecule has 0 aliphatic heterocycles. The van der Waals surface area contributed by atoms with Crippen molar-refractivity contribution >= 4 is 5.82 Å². The zero-order valence-corrected chi connectivity index (χ0v) is 7.56. The highest BCUT2D eigenvalue weighted by molar-refractivity contribution is 5.35. The zero-order valence-electron chi connectivity index (χ0n) is 7.56. The first kappa shape index (κ1) is 8.97. The van der Waals surface area contributed by atoms with E-state index in [4.69, 9.17) is 0 Å². The maximum atomic E-state index is 13.1. The van der Waals surface area contributed by atoms with Gasteiger partial charge in [-0.15, -0.1) is 0 Å². The minimum absolute atomic E-state index is 0.123. The van der Waals surface area contributed by atoms with Crippen molar-refractivity contribution in [3.8, 4) is 0 Å². The smallest absolute Gasteiger partial charge is 0.145 e. The van der Waals surface area contributed by atoms with Gasteiger partial charge in [-0.3, -0.25) is 0 Å². The SMILES string of the molecule is CNc1ccc(F)c(C(C)C)n1. The summed E-state index contributed by atoms with van der Waals surface area (Å²) in [5, 5.41) is 2.87. The second kappa shape index (κ2) is 3.52. The summed E-state index contributed by atoms with van der Waals surface area (Å²) < 4.78 is 13.1. The van der Waals surface area contributed by atoms with Crippen LogP contribution < -0.4 is 5.32 Å². The lowest BCUT2D eigenvalue weighted by atomic mass is 10.1. The molecule has 1 rings (SSSR count). The molecule has 0 aromatic carbocycles. The van der Waals surface area contributed by atoms with Crippen molar-refractivity contribution in [1.82, 2.24) is 4.98 Å². The number of nitrogens with one attached hydrogen (secondary N) is 1. The lowest BCUT2D eigenvalue weighted by molar-refractivity contribution is 0.585. The van der Waals surface area contributed by atoms with E-state index in [0.717, 1.165) is 0 Å². The van der Waals surface area contributed by atoms with Crippen LogP contribution in [0.3, 0.4) is 0 Å². The van der Waals surface area contributed by atoms with Gasteiger partial charge in [0.1, 0.15) is 11.6 Å². The summed E-state index contributed by atoms with van der Waals surface area (Å²) in [6.45, 7) is 3.84. The molecule has 1 N–H and O–H groups in total. The van der Waals surface area contributed by atoms with Gasteiger partial charge in [0.15, 0.2) is 0 Å². The normalized spacial score (nSPS) is 10.4. The third-order valence-electron chi connectivity index (χ3n) is 1.68. The topological polar surface area (TPSA) is 24.9 Å². The molecule has 0 atom stereocenters. The van der Waals surface area contributed by atoms with E-state index in [0.29, 0.717) is 11.5 Å². The zero-order chi connectivity index (χ0) is 9.14. The van der Waals surface area contributed by atoms with Crippen molar-refractivity contribution < 1.29 is 4.39 Å². The van der Waals surface area contributed by atoms with E-state index >= 15 is 0 Å². The predicted molar refractivity (Wildman–Crippen MR) is 47.8 cm³/mol. The van der Waals surface area contributed by atoms with Crippen molar-refractivity contribution in [2.75, 3.05) is 12.4 Å². The molecule has 0 spiro atoms. The number of pyridine rings is 1. The molecule has 66 valence electrons. The average molecular weight is 168 g/mol. The third-order valence-corrected chi connectivity index (χ3v) is 1.68. The highest BCUT2D eigenvalue weighted by Crippen LogP contribution is 2.17. The standard InChI is InChI=1S/C9H13FN2/c1-6(2)9-7(10)4-5-8(11-3)12-9/h4-6H,1-3H3,(H,11,12). The summed E-state index contributed by atoms with van der Waals surface area (Å²) >= 11 is 0. The van der Waals surface area contributed by atoms with Crippen molar-refractivity contribution in [3.63, 3.8) is 0 Å². The molecule has 0 bridgehead atoms. The number of hydrogen-bond donors (Lipinski definition) is 1. The largest absolute Gasteiger partial charge is 0.373 e. The van der Waals surface area contributed by atoms with Crippen LogP contribution in [0.2, 0.25) is 0 Å². The van der Waals surface area contributed by atoms with Gasteiger partial charge in [0.25, 0.3) is 0 Å². The van der Waals surface area contributed by atoms with Crippen LogP contribution in [0.1, 0.15) is 25.5 Å². The van der Waals surface area contributed by atoms with E-state index in [-0.39, 0.29) is 11.7 Å². The Morgan fingerprint density at radius 2 is 2.08 bits per heavy atom. The van der Waals surface area contributed by atoms with Crippen molar-refractivity contribution in [1.29, 1.82) is 0 Å². The Morgan fingerprint density at radius 1 is 1.42 bits per heavy atom. The van der Waals surface area contributed by atoms with Crippen LogP contribution >= 0.6 is 0 Å². The summed E-state index contributed by atoms with van der Waals surface area (Å²) in [7, 11) is 1.77. The number of anilines is 1. The molecule has 0 aliphatic rings. The number of aromatic nitrogens is 1. The second-order valence-electron chi connectivity index (χ2n) is 2.97. The summed E-state index contributed by atoms with van der Waals surface area (Å²) in [5.74, 6) is 0.599. The van der Waals surface area contributed by atoms with Gasteiger partial charge in [-0.05, 0) is 18.1 Å². The molecule has 12 heavy (non-hydrogen) atoms. The molecule has 0 saturated heterocycles. The first-order chi connectivity index (χ1) is 5.65. The van der Waals surface area contributed by atoms with Gasteiger partial charge in [0, 0.05) is 7.05 Å². The van der Waals surface area contributed by atoms with Crippen molar-refractivity contribution in [2.45, 2.75) is 19.8 Å². The van der Waals surface area contributed by atoms with Crippen molar-refractivity contribution in [2.24, 2.45) is 0 Å². The summed E-state index contributed by atoms with van der Waals surface area (Å²) in [6.07, 6.45) is 0. The fourth-order valence-electron chi connectivity index (χ4n) is 1.00. The highest BCUT2D eigenvalue weighted by atomic mass is 19.1. The van der Waals surface area contributed by atoms with Gasteiger partial charge in [0.2, 0.25) is 0 Å². The van der Waals surface area contributed by atoms with E-state index in [2.05, 4.69) is 10.3 Å². The van der Waals surface area contributed by atoms with E-state index in [1.807, 2.05) is 13.8 Å². The average Bonchev–Trinajstić information content (AvgIpc) is 2.05. The van der Waals surface area contributed by atoms with E-state index < -0.39 is 0 Å². The van der Waals surface area contributed by atoms with Gasteiger partial charge < -0.3 is 5.32 Å². The number of halogens is 1. The Kier molecular flexibility index (Phi) is 2.63. The Hall–Kier alpha value is -1.12. The van der Waals surface area contributed by atoms with Gasteiger partial charge in [0.05, 0.1) is 5.69 Å². The van der Waals surface area contributed by atoms with Crippen LogP contribution in [0.15, 0.2) is 12.1 Å². The number of nitrogens with zero attached hydrogens (tertiary/aromatic N) is 1. The lowest BCUT2D eigenvalue weighted by Crippen LogP contribution is -2.01. The minimum Gasteiger partial charge on any atom is -0.373 e. The molecule has 0 amide bonds. The van der Waals surface area contributed by atoms with Crippen LogP contribution in [0.4, 0.5) is 10.2 Å². The maximum absolute atomic E-state index is 13.1. The van der Waals surface area contributed by atoms with Crippen LogP contribution in [-0.2, 0) is 0 Å². The molecule has 0 aliphatic carbocycles. The molecule has 1 aromatic rings. The minimum atomic E-state index is -0.232. The molecular weight excluding hydrogens is 155 g/mol. The van der Waals surface area contributed by atoms with Crippen LogP contribution in [0, 0.1) is 5.82 Å². The third kappa shape index (κ3) is 1.72. The first-order valence-corrected chi connectivity index (χ1v) is 3.99. The molecular formula is C9H13FN2. The van der Waals surface area contributed by atoms with Gasteiger partial charge in [-0.1, -0.05) is 13.8 Å². The van der Waals surface area contributed by atoms with E-state index in [1.54, 1.807) is 13.1 Å². The van der Waals surface area contributed by atoms with E-state index in [9.17, 15) is 4.39 Å². The molecule has 0 radical (unpaired) electrons. The van der Waals surface area contributed by atoms with Crippen LogP contribution in [0.25, 0.3) is 0 Å². The Labute approximate surface area is 71.8 Å². The Morgan fingerprint density at radius 3 is 2.58 bits per heavy atom. The highest BCUT2D eigenvalue weighted by Gasteiger charge is 2.08. The molecule has 1 aromatic heterocycles. The predicted octanol–water partition coefficient (Wildman–Crippen LogP) is 2.39. The molecule has 1 heterocycles. The molecule has 3 heteroatoms. The molecule has 0 fully saturated rings. The summed E-state index contributed by atoms with van der Waals surface area (Å²) in [6, 6.07) is 3.06. The summed E-state index contributed by atoms with van der Waals surface area (Å²) in [4.78, 5) is 4.10. The van der Waals surface area contributed by atoms with E-state index in [1.165, 1.54) is 6.07 Å². The van der Waals surface area contributed by atoms with Crippen LogP contribution in [0.5, 0.6) is 0 Å².